The Morgan fingerprint density at radius 1 is 1.03 bits per heavy atom. The van der Waals surface area contributed by atoms with Gasteiger partial charge in [0.15, 0.2) is 5.76 Å². The van der Waals surface area contributed by atoms with Crippen LogP contribution in [0.3, 0.4) is 0 Å². The Balaban J connectivity index is 1.90. The van der Waals surface area contributed by atoms with Crippen LogP contribution in [0.5, 0.6) is 0 Å². The summed E-state index contributed by atoms with van der Waals surface area (Å²) in [5, 5.41) is 7.20. The Morgan fingerprint density at radius 3 is 2.39 bits per heavy atom. The first kappa shape index (κ1) is 22.8. The van der Waals surface area contributed by atoms with Crippen molar-refractivity contribution in [3.63, 3.8) is 0 Å². The Labute approximate surface area is 183 Å². The number of nitrogens with zero attached hydrogens (tertiary/aromatic N) is 4. The highest BCUT2D eigenvalue weighted by Gasteiger charge is 2.23. The third kappa shape index (κ3) is 4.91. The number of hydrogen-bond acceptors (Lipinski definition) is 8. The zero-order valence-corrected chi connectivity index (χ0v) is 19.1. The molecule has 0 saturated heterocycles. The summed E-state index contributed by atoms with van der Waals surface area (Å²) in [6.07, 6.45) is 1.54. The van der Waals surface area contributed by atoms with E-state index in [0.717, 1.165) is 18.8 Å². The van der Waals surface area contributed by atoms with E-state index in [0.29, 0.717) is 36.3 Å². The molecule has 31 heavy (non-hydrogen) atoms. The van der Waals surface area contributed by atoms with Gasteiger partial charge in [0.1, 0.15) is 0 Å². The Bertz CT molecular complexity index is 1070. The van der Waals surface area contributed by atoms with Gasteiger partial charge in [-0.1, -0.05) is 19.0 Å². The van der Waals surface area contributed by atoms with E-state index >= 15 is 0 Å². The van der Waals surface area contributed by atoms with E-state index in [2.05, 4.69) is 34.2 Å². The number of anilines is 2. The lowest BCUT2D eigenvalue weighted by Gasteiger charge is -2.26. The normalized spacial score (nSPS) is 11.8. The van der Waals surface area contributed by atoms with Crippen molar-refractivity contribution in [2.75, 3.05) is 36.4 Å². The molecule has 2 heterocycles. The number of hydrogen-bond donors (Lipinski definition) is 1. The zero-order chi connectivity index (χ0) is 22.4. The molecular formula is C21H29N5O4S. The molecule has 0 spiro atoms. The number of benzene rings is 1. The molecule has 0 fully saturated rings. The van der Waals surface area contributed by atoms with Gasteiger partial charge in [0, 0.05) is 26.2 Å². The van der Waals surface area contributed by atoms with Crippen LogP contribution < -0.4 is 10.2 Å². The number of aromatic nitrogens is 2. The first-order valence-electron chi connectivity index (χ1n) is 10.4. The van der Waals surface area contributed by atoms with Crippen molar-refractivity contribution in [3.8, 4) is 11.6 Å². The van der Waals surface area contributed by atoms with Gasteiger partial charge in [0.25, 0.3) is 0 Å². The third-order valence-electron chi connectivity index (χ3n) is 5.06. The molecule has 0 unspecified atom stereocenters. The van der Waals surface area contributed by atoms with Crippen molar-refractivity contribution < 1.29 is 17.4 Å². The minimum atomic E-state index is -3.58. The first-order valence-corrected chi connectivity index (χ1v) is 11.9. The second-order valence-corrected chi connectivity index (χ2v) is 8.72. The molecule has 2 aromatic heterocycles. The summed E-state index contributed by atoms with van der Waals surface area (Å²) in [5.74, 6) is 1.25. The zero-order valence-electron chi connectivity index (χ0n) is 18.3. The Morgan fingerprint density at radius 2 is 1.77 bits per heavy atom. The Hall–Kier alpha value is -2.85. The number of nitrogens with one attached hydrogen (secondary N) is 1. The molecule has 10 heteroatoms. The average molecular weight is 448 g/mol. The van der Waals surface area contributed by atoms with Gasteiger partial charge in [-0.2, -0.15) is 9.29 Å². The highest BCUT2D eigenvalue weighted by atomic mass is 32.2. The minimum absolute atomic E-state index is 0.247. The van der Waals surface area contributed by atoms with Gasteiger partial charge in [-0.05, 0) is 44.2 Å². The van der Waals surface area contributed by atoms with Crippen LogP contribution in [-0.4, -0.2) is 49.0 Å². The summed E-state index contributed by atoms with van der Waals surface area (Å²) in [6, 6.07) is 8.68. The second-order valence-electron chi connectivity index (χ2n) is 6.78. The van der Waals surface area contributed by atoms with E-state index in [1.807, 2.05) is 19.9 Å². The van der Waals surface area contributed by atoms with E-state index in [9.17, 15) is 8.42 Å². The third-order valence-corrected chi connectivity index (χ3v) is 7.10. The van der Waals surface area contributed by atoms with Gasteiger partial charge in [-0.3, -0.25) is 0 Å². The fraction of sp³-hybridized carbons (Fsp3) is 0.429. The van der Waals surface area contributed by atoms with Crippen molar-refractivity contribution >= 4 is 21.4 Å². The van der Waals surface area contributed by atoms with E-state index in [4.69, 9.17) is 8.94 Å². The molecule has 9 nitrogen and oxygen atoms in total. The molecule has 0 saturated carbocycles. The molecular weight excluding hydrogens is 418 g/mol. The van der Waals surface area contributed by atoms with E-state index < -0.39 is 10.0 Å². The van der Waals surface area contributed by atoms with Gasteiger partial charge in [0.2, 0.25) is 21.7 Å². The monoisotopic (exact) mass is 447 g/mol. The summed E-state index contributed by atoms with van der Waals surface area (Å²) >= 11 is 0. The van der Waals surface area contributed by atoms with Crippen molar-refractivity contribution in [3.05, 3.63) is 42.5 Å². The van der Waals surface area contributed by atoms with Crippen LogP contribution in [0.4, 0.5) is 11.4 Å². The van der Waals surface area contributed by atoms with Crippen molar-refractivity contribution in [2.24, 2.45) is 0 Å². The van der Waals surface area contributed by atoms with Crippen LogP contribution in [0.25, 0.3) is 11.6 Å². The van der Waals surface area contributed by atoms with Crippen molar-refractivity contribution in [1.29, 1.82) is 0 Å². The highest BCUT2D eigenvalue weighted by molar-refractivity contribution is 7.89. The topological polar surface area (TPSA) is 105 Å². The maximum absolute atomic E-state index is 13.0. The lowest BCUT2D eigenvalue weighted by atomic mass is 10.2. The SMILES string of the molecule is CCN(CC)c1ccc(S(=O)(=O)N(CC)CC)cc1NCc1nc(-c2ccco2)no1. The van der Waals surface area contributed by atoms with Crippen LogP contribution >= 0.6 is 0 Å². The molecule has 3 rings (SSSR count). The maximum atomic E-state index is 13.0. The summed E-state index contributed by atoms with van der Waals surface area (Å²) in [4.78, 5) is 6.73. The summed E-state index contributed by atoms with van der Waals surface area (Å²) < 4.78 is 38.1. The standard InChI is InChI=1S/C21H29N5O4S/c1-5-25(6-2)18-12-11-16(31(27,28)26(7-3)8-4)14-17(18)22-15-20-23-21(24-30-20)19-10-9-13-29-19/h9-14,22H,5-8,15H2,1-4H3. The molecule has 0 aliphatic heterocycles. The van der Waals surface area contributed by atoms with Crippen molar-refractivity contribution in [2.45, 2.75) is 39.1 Å². The highest BCUT2D eigenvalue weighted by Crippen LogP contribution is 2.30. The molecule has 1 N–H and O–H groups in total. The lowest BCUT2D eigenvalue weighted by Crippen LogP contribution is -2.31. The van der Waals surface area contributed by atoms with Gasteiger partial charge >= 0.3 is 0 Å². The summed E-state index contributed by atoms with van der Waals surface area (Å²) in [5.41, 5.74) is 1.60. The molecule has 0 aliphatic carbocycles. The minimum Gasteiger partial charge on any atom is -0.461 e. The number of rotatable bonds is 11. The molecule has 1 aromatic carbocycles. The summed E-state index contributed by atoms with van der Waals surface area (Å²) in [6.45, 7) is 10.4. The van der Waals surface area contributed by atoms with Crippen LogP contribution in [0.15, 0.2) is 50.4 Å². The van der Waals surface area contributed by atoms with E-state index in [-0.39, 0.29) is 11.4 Å². The second kappa shape index (κ2) is 9.97. The average Bonchev–Trinajstić information content (AvgIpc) is 3.46. The molecule has 0 radical (unpaired) electrons. The van der Waals surface area contributed by atoms with Crippen LogP contribution in [0, 0.1) is 0 Å². The number of furan rings is 1. The van der Waals surface area contributed by atoms with E-state index in [1.54, 1.807) is 30.5 Å². The maximum Gasteiger partial charge on any atom is 0.246 e. The van der Waals surface area contributed by atoms with Gasteiger partial charge in [-0.15, -0.1) is 0 Å². The fourth-order valence-electron chi connectivity index (χ4n) is 3.37. The fourth-order valence-corrected chi connectivity index (χ4v) is 4.86. The first-order chi connectivity index (χ1) is 14.9. The lowest BCUT2D eigenvalue weighted by molar-refractivity contribution is 0.382. The predicted octanol–water partition coefficient (Wildman–Crippen LogP) is 3.82. The van der Waals surface area contributed by atoms with E-state index in [1.165, 1.54) is 4.31 Å². The quantitative estimate of drug-likeness (QED) is 0.473. The molecule has 3 aromatic rings. The van der Waals surface area contributed by atoms with Crippen LogP contribution in [0.1, 0.15) is 33.6 Å². The van der Waals surface area contributed by atoms with Crippen LogP contribution in [-0.2, 0) is 16.6 Å². The van der Waals surface area contributed by atoms with Gasteiger partial charge < -0.3 is 19.2 Å². The Kier molecular flexibility index (Phi) is 7.34. The molecule has 0 atom stereocenters. The smallest absolute Gasteiger partial charge is 0.246 e. The summed E-state index contributed by atoms with van der Waals surface area (Å²) in [7, 11) is -3.58. The predicted molar refractivity (Wildman–Crippen MR) is 119 cm³/mol. The largest absolute Gasteiger partial charge is 0.461 e. The molecule has 168 valence electrons. The molecule has 0 aliphatic rings. The van der Waals surface area contributed by atoms with Crippen LogP contribution in [0.2, 0.25) is 0 Å². The van der Waals surface area contributed by atoms with Crippen molar-refractivity contribution in [1.82, 2.24) is 14.4 Å². The van der Waals surface area contributed by atoms with Gasteiger partial charge in [0.05, 0.1) is 29.1 Å². The molecule has 0 amide bonds. The molecule has 0 bridgehead atoms. The van der Waals surface area contributed by atoms with Gasteiger partial charge in [-0.25, -0.2) is 8.42 Å². The number of sulfonamides is 1.